The first-order chi connectivity index (χ1) is 10.0. The zero-order valence-corrected chi connectivity index (χ0v) is 12.9. The molecule has 0 radical (unpaired) electrons. The van der Waals surface area contributed by atoms with E-state index in [0.717, 1.165) is 11.1 Å². The highest BCUT2D eigenvalue weighted by atomic mass is 19.1. The van der Waals surface area contributed by atoms with Crippen LogP contribution in [0.2, 0.25) is 0 Å². The van der Waals surface area contributed by atoms with Gasteiger partial charge < -0.3 is 10.6 Å². The lowest BCUT2D eigenvalue weighted by molar-refractivity contribution is 0.591. The quantitative estimate of drug-likeness (QED) is 0.890. The summed E-state index contributed by atoms with van der Waals surface area (Å²) >= 11 is 0. The van der Waals surface area contributed by atoms with Gasteiger partial charge in [0.25, 0.3) is 0 Å². The molecular weight excluding hydrogens is 263 g/mol. The molecule has 2 N–H and O–H groups in total. The summed E-state index contributed by atoms with van der Waals surface area (Å²) in [6.45, 7) is 6.69. The van der Waals surface area contributed by atoms with Crippen LogP contribution in [0.5, 0.6) is 0 Å². The highest BCUT2D eigenvalue weighted by Gasteiger charge is 2.20. The van der Waals surface area contributed by atoms with Crippen molar-refractivity contribution in [1.29, 1.82) is 0 Å². The molecule has 1 unspecified atom stereocenters. The van der Waals surface area contributed by atoms with Crippen molar-refractivity contribution in [1.82, 2.24) is 0 Å². The molecule has 0 fully saturated rings. The molecule has 0 amide bonds. The molecule has 0 aliphatic rings. The smallest absolute Gasteiger partial charge is 0.146 e. The minimum Gasteiger partial charge on any atom is -0.362 e. The second kappa shape index (κ2) is 6.72. The molecule has 2 aromatic rings. The molecule has 0 aliphatic carbocycles. The van der Waals surface area contributed by atoms with Crippen molar-refractivity contribution in [3.8, 4) is 0 Å². The van der Waals surface area contributed by atoms with Gasteiger partial charge >= 0.3 is 0 Å². The van der Waals surface area contributed by atoms with E-state index in [-0.39, 0.29) is 17.9 Å². The van der Waals surface area contributed by atoms with E-state index in [0.29, 0.717) is 12.2 Å². The van der Waals surface area contributed by atoms with E-state index < -0.39 is 0 Å². The molecule has 0 spiro atoms. The highest BCUT2D eigenvalue weighted by Crippen LogP contribution is 2.31. The van der Waals surface area contributed by atoms with E-state index in [1.54, 1.807) is 6.07 Å². The molecule has 0 aliphatic heterocycles. The van der Waals surface area contributed by atoms with Gasteiger partial charge in [0.05, 0.1) is 5.69 Å². The molecule has 0 saturated heterocycles. The monoisotopic (exact) mass is 286 g/mol. The summed E-state index contributed by atoms with van der Waals surface area (Å²) in [6.07, 6.45) is 0. The van der Waals surface area contributed by atoms with Crippen molar-refractivity contribution < 1.29 is 4.39 Å². The maximum absolute atomic E-state index is 14.4. The van der Waals surface area contributed by atoms with Crippen molar-refractivity contribution >= 4 is 5.69 Å². The minimum atomic E-state index is -0.213. The van der Waals surface area contributed by atoms with E-state index in [4.69, 9.17) is 5.73 Å². The van der Waals surface area contributed by atoms with E-state index in [2.05, 4.69) is 30.9 Å². The van der Waals surface area contributed by atoms with Gasteiger partial charge in [-0.05, 0) is 38.0 Å². The number of para-hydroxylation sites is 1. The lowest BCUT2D eigenvalue weighted by Gasteiger charge is -2.32. The van der Waals surface area contributed by atoms with Crippen LogP contribution >= 0.6 is 0 Å². The van der Waals surface area contributed by atoms with Crippen molar-refractivity contribution in [3.05, 3.63) is 65.5 Å². The predicted molar refractivity (Wildman–Crippen MR) is 86.8 cm³/mol. The third-order valence-corrected chi connectivity index (χ3v) is 3.61. The van der Waals surface area contributed by atoms with E-state index in [1.807, 2.05) is 31.2 Å². The molecule has 0 bridgehead atoms. The SMILES string of the molecule is CC(N)c1cccc(F)c1N(Cc1ccccc1)C(C)C. The van der Waals surface area contributed by atoms with Gasteiger partial charge in [-0.1, -0.05) is 42.5 Å². The van der Waals surface area contributed by atoms with Gasteiger partial charge in [-0.15, -0.1) is 0 Å². The summed E-state index contributed by atoms with van der Waals surface area (Å²) in [4.78, 5) is 2.07. The van der Waals surface area contributed by atoms with Gasteiger partial charge in [0.15, 0.2) is 0 Å². The van der Waals surface area contributed by atoms with Crippen molar-refractivity contribution in [2.75, 3.05) is 4.90 Å². The number of hydrogen-bond donors (Lipinski definition) is 1. The first-order valence-corrected chi connectivity index (χ1v) is 7.35. The van der Waals surface area contributed by atoms with Crippen molar-refractivity contribution in [3.63, 3.8) is 0 Å². The van der Waals surface area contributed by atoms with Gasteiger partial charge in [-0.2, -0.15) is 0 Å². The number of halogens is 1. The molecule has 2 nitrogen and oxygen atoms in total. The molecule has 0 saturated carbocycles. The van der Waals surface area contributed by atoms with Gasteiger partial charge in [-0.3, -0.25) is 0 Å². The molecule has 1 atom stereocenters. The third kappa shape index (κ3) is 3.61. The van der Waals surface area contributed by atoms with Crippen LogP contribution in [0.3, 0.4) is 0 Å². The Morgan fingerprint density at radius 3 is 2.24 bits per heavy atom. The van der Waals surface area contributed by atoms with Crippen LogP contribution < -0.4 is 10.6 Å². The summed E-state index contributed by atoms with van der Waals surface area (Å²) in [5, 5.41) is 0. The van der Waals surface area contributed by atoms with Crippen LogP contribution in [0.25, 0.3) is 0 Å². The number of hydrogen-bond acceptors (Lipinski definition) is 2. The lowest BCUT2D eigenvalue weighted by Crippen LogP contribution is -2.32. The fraction of sp³-hybridized carbons (Fsp3) is 0.333. The van der Waals surface area contributed by atoms with Gasteiger partial charge in [0, 0.05) is 18.6 Å². The molecule has 0 heterocycles. The Bertz CT molecular complexity index is 579. The molecule has 21 heavy (non-hydrogen) atoms. The fourth-order valence-electron chi connectivity index (χ4n) is 2.50. The number of nitrogens with zero attached hydrogens (tertiary/aromatic N) is 1. The van der Waals surface area contributed by atoms with Crippen LogP contribution in [0.4, 0.5) is 10.1 Å². The third-order valence-electron chi connectivity index (χ3n) is 3.61. The Kier molecular flexibility index (Phi) is 4.97. The van der Waals surface area contributed by atoms with Gasteiger partial charge in [-0.25, -0.2) is 4.39 Å². The van der Waals surface area contributed by atoms with Gasteiger partial charge in [0.2, 0.25) is 0 Å². The predicted octanol–water partition coefficient (Wildman–Crippen LogP) is 4.26. The molecule has 0 aromatic heterocycles. The largest absolute Gasteiger partial charge is 0.362 e. The average molecular weight is 286 g/mol. The van der Waals surface area contributed by atoms with E-state index in [9.17, 15) is 4.39 Å². The minimum absolute atomic E-state index is 0.180. The number of benzene rings is 2. The van der Waals surface area contributed by atoms with Crippen LogP contribution in [0, 0.1) is 5.82 Å². The van der Waals surface area contributed by atoms with Crippen molar-refractivity contribution in [2.45, 2.75) is 39.4 Å². The first-order valence-electron chi connectivity index (χ1n) is 7.35. The average Bonchev–Trinajstić information content (AvgIpc) is 2.45. The molecule has 2 rings (SSSR count). The zero-order valence-electron chi connectivity index (χ0n) is 12.9. The van der Waals surface area contributed by atoms with E-state index in [1.165, 1.54) is 6.07 Å². The Hall–Kier alpha value is -1.87. The molecular formula is C18H23FN2. The lowest BCUT2D eigenvalue weighted by atomic mass is 10.0. The second-order valence-corrected chi connectivity index (χ2v) is 5.67. The Labute approximate surface area is 126 Å². The maximum Gasteiger partial charge on any atom is 0.146 e. The number of rotatable bonds is 5. The summed E-state index contributed by atoms with van der Waals surface area (Å²) < 4.78 is 14.4. The first kappa shape index (κ1) is 15.5. The van der Waals surface area contributed by atoms with Crippen molar-refractivity contribution in [2.24, 2.45) is 5.73 Å². The van der Waals surface area contributed by atoms with Crippen LogP contribution in [0.1, 0.15) is 37.9 Å². The standard InChI is InChI=1S/C18H23FN2/c1-13(2)21(12-15-8-5-4-6-9-15)18-16(14(3)20)10-7-11-17(18)19/h4-11,13-14H,12,20H2,1-3H3. The van der Waals surface area contributed by atoms with E-state index >= 15 is 0 Å². The van der Waals surface area contributed by atoms with Crippen LogP contribution in [-0.2, 0) is 6.54 Å². The summed E-state index contributed by atoms with van der Waals surface area (Å²) in [5.74, 6) is -0.213. The fourth-order valence-corrected chi connectivity index (χ4v) is 2.50. The van der Waals surface area contributed by atoms with Crippen LogP contribution in [-0.4, -0.2) is 6.04 Å². The highest BCUT2D eigenvalue weighted by molar-refractivity contribution is 5.57. The topological polar surface area (TPSA) is 29.3 Å². The Balaban J connectivity index is 2.44. The van der Waals surface area contributed by atoms with Gasteiger partial charge in [0.1, 0.15) is 5.82 Å². The molecule has 2 aromatic carbocycles. The number of nitrogens with two attached hydrogens (primary N) is 1. The summed E-state index contributed by atoms with van der Waals surface area (Å²) in [6, 6.07) is 15.2. The number of anilines is 1. The Morgan fingerprint density at radius 1 is 1.00 bits per heavy atom. The molecule has 3 heteroatoms. The van der Waals surface area contributed by atoms with Crippen LogP contribution in [0.15, 0.2) is 48.5 Å². The zero-order chi connectivity index (χ0) is 15.4. The normalized spacial score (nSPS) is 12.5. The summed E-state index contributed by atoms with van der Waals surface area (Å²) in [5.41, 5.74) is 8.64. The maximum atomic E-state index is 14.4. The summed E-state index contributed by atoms with van der Waals surface area (Å²) in [7, 11) is 0. The second-order valence-electron chi connectivity index (χ2n) is 5.67. The molecule has 112 valence electrons. The Morgan fingerprint density at radius 2 is 1.67 bits per heavy atom.